The number of imidazole rings is 1. The van der Waals surface area contributed by atoms with Gasteiger partial charge >= 0.3 is 0 Å². The molecule has 0 aliphatic heterocycles. The Labute approximate surface area is 104 Å². The van der Waals surface area contributed by atoms with Gasteiger partial charge < -0.3 is 10.3 Å². The summed E-state index contributed by atoms with van der Waals surface area (Å²) in [4.78, 5) is 7.13. The van der Waals surface area contributed by atoms with Crippen LogP contribution in [0, 0.1) is 11.6 Å². The number of nitrogens with zero attached hydrogens (tertiary/aromatic N) is 1. The van der Waals surface area contributed by atoms with Crippen LogP contribution < -0.4 is 5.32 Å². The number of halogens is 2. The van der Waals surface area contributed by atoms with Crippen molar-refractivity contribution in [3.63, 3.8) is 0 Å². The molecule has 1 aromatic heterocycles. The molecule has 0 saturated heterocycles. The predicted octanol–water partition coefficient (Wildman–Crippen LogP) is 3.10. The van der Waals surface area contributed by atoms with Crippen molar-refractivity contribution in [3.8, 4) is 0 Å². The molecule has 0 saturated carbocycles. The Morgan fingerprint density at radius 2 is 1.78 bits per heavy atom. The lowest BCUT2D eigenvalue weighted by Gasteiger charge is -2.19. The van der Waals surface area contributed by atoms with Crippen LogP contribution in [0.3, 0.4) is 0 Å². The number of nitrogens with one attached hydrogen (secondary N) is 2. The third-order valence-electron chi connectivity index (χ3n) is 2.81. The van der Waals surface area contributed by atoms with E-state index in [4.69, 9.17) is 0 Å². The monoisotopic (exact) mass is 251 g/mol. The lowest BCUT2D eigenvalue weighted by Crippen LogP contribution is -2.23. The summed E-state index contributed by atoms with van der Waals surface area (Å²) in [6.45, 7) is 3.79. The summed E-state index contributed by atoms with van der Waals surface area (Å²) in [7, 11) is 0. The van der Waals surface area contributed by atoms with Gasteiger partial charge in [-0.15, -0.1) is 0 Å². The summed E-state index contributed by atoms with van der Waals surface area (Å²) in [5.41, 5.74) is 0.575. The molecule has 96 valence electrons. The summed E-state index contributed by atoms with van der Waals surface area (Å²) in [5, 5.41) is 3.23. The van der Waals surface area contributed by atoms with E-state index in [1.807, 2.05) is 13.8 Å². The molecule has 1 aromatic carbocycles. The van der Waals surface area contributed by atoms with Crippen molar-refractivity contribution in [1.29, 1.82) is 0 Å². The minimum absolute atomic E-state index is 0.0265. The number of aromatic nitrogens is 2. The molecule has 0 bridgehead atoms. The van der Waals surface area contributed by atoms with Gasteiger partial charge in [0.05, 0.1) is 6.04 Å². The number of benzene rings is 1. The molecule has 1 heterocycles. The van der Waals surface area contributed by atoms with E-state index in [2.05, 4.69) is 15.3 Å². The molecule has 2 rings (SSSR count). The van der Waals surface area contributed by atoms with Crippen LogP contribution in [0.1, 0.15) is 37.3 Å². The van der Waals surface area contributed by atoms with Crippen molar-refractivity contribution >= 4 is 0 Å². The standard InChI is InChI=1S/C13H15F2N3/c1-8(10-5-11(14)7-12(15)6-10)18-9(2)13-16-3-4-17-13/h3-9,18H,1-2H3,(H,16,17). The molecule has 0 aliphatic carbocycles. The highest BCUT2D eigenvalue weighted by atomic mass is 19.1. The summed E-state index contributed by atoms with van der Waals surface area (Å²) in [6, 6.07) is 3.33. The van der Waals surface area contributed by atoms with Gasteiger partial charge in [-0.05, 0) is 31.5 Å². The topological polar surface area (TPSA) is 40.7 Å². The molecule has 0 spiro atoms. The van der Waals surface area contributed by atoms with E-state index in [0.29, 0.717) is 5.56 Å². The van der Waals surface area contributed by atoms with Crippen molar-refractivity contribution in [3.05, 3.63) is 53.6 Å². The molecule has 3 nitrogen and oxygen atoms in total. The first-order valence-corrected chi connectivity index (χ1v) is 5.77. The fourth-order valence-corrected chi connectivity index (χ4v) is 1.89. The number of H-pyrrole nitrogens is 1. The molecule has 2 N–H and O–H groups in total. The van der Waals surface area contributed by atoms with Crippen LogP contribution in [0.5, 0.6) is 0 Å². The van der Waals surface area contributed by atoms with Crippen molar-refractivity contribution in [2.45, 2.75) is 25.9 Å². The van der Waals surface area contributed by atoms with Gasteiger partial charge in [0.15, 0.2) is 0 Å². The van der Waals surface area contributed by atoms with Gasteiger partial charge in [-0.3, -0.25) is 0 Å². The van der Waals surface area contributed by atoms with Crippen LogP contribution in [0.2, 0.25) is 0 Å². The first-order valence-electron chi connectivity index (χ1n) is 5.77. The first-order chi connectivity index (χ1) is 8.56. The van der Waals surface area contributed by atoms with Crippen LogP contribution in [0.4, 0.5) is 8.78 Å². The van der Waals surface area contributed by atoms with E-state index in [-0.39, 0.29) is 12.1 Å². The van der Waals surface area contributed by atoms with Crippen molar-refractivity contribution < 1.29 is 8.78 Å². The maximum atomic E-state index is 13.1. The average Bonchev–Trinajstić information content (AvgIpc) is 2.80. The summed E-state index contributed by atoms with van der Waals surface area (Å²) < 4.78 is 26.2. The number of hydrogen-bond acceptors (Lipinski definition) is 2. The molecule has 18 heavy (non-hydrogen) atoms. The van der Waals surface area contributed by atoms with Gasteiger partial charge in [0.1, 0.15) is 17.5 Å². The predicted molar refractivity (Wildman–Crippen MR) is 64.9 cm³/mol. The Morgan fingerprint density at radius 3 is 2.33 bits per heavy atom. The Balaban J connectivity index is 2.09. The number of rotatable bonds is 4. The van der Waals surface area contributed by atoms with Crippen LogP contribution in [0.25, 0.3) is 0 Å². The third kappa shape index (κ3) is 2.92. The maximum Gasteiger partial charge on any atom is 0.126 e. The quantitative estimate of drug-likeness (QED) is 0.876. The highest BCUT2D eigenvalue weighted by Crippen LogP contribution is 2.19. The van der Waals surface area contributed by atoms with Crippen LogP contribution >= 0.6 is 0 Å². The molecule has 2 aromatic rings. The van der Waals surface area contributed by atoms with Gasteiger partial charge in [-0.25, -0.2) is 13.8 Å². The number of hydrogen-bond donors (Lipinski definition) is 2. The second-order valence-corrected chi connectivity index (χ2v) is 4.29. The summed E-state index contributed by atoms with van der Waals surface area (Å²) >= 11 is 0. The molecule has 0 radical (unpaired) electrons. The van der Waals surface area contributed by atoms with Crippen molar-refractivity contribution in [1.82, 2.24) is 15.3 Å². The fraction of sp³-hybridized carbons (Fsp3) is 0.308. The lowest BCUT2D eigenvalue weighted by atomic mass is 10.1. The minimum atomic E-state index is -0.565. The van der Waals surface area contributed by atoms with E-state index in [0.717, 1.165) is 11.9 Å². The molecule has 5 heteroatoms. The zero-order valence-corrected chi connectivity index (χ0v) is 10.2. The summed E-state index contributed by atoms with van der Waals surface area (Å²) in [6.07, 6.45) is 3.40. The Hall–Kier alpha value is -1.75. The van der Waals surface area contributed by atoms with E-state index >= 15 is 0 Å². The van der Waals surface area contributed by atoms with Gasteiger partial charge in [0.2, 0.25) is 0 Å². The lowest BCUT2D eigenvalue weighted by molar-refractivity contribution is 0.473. The van der Waals surface area contributed by atoms with Crippen molar-refractivity contribution in [2.75, 3.05) is 0 Å². The van der Waals surface area contributed by atoms with E-state index < -0.39 is 11.6 Å². The molecule has 2 unspecified atom stereocenters. The van der Waals surface area contributed by atoms with Gasteiger partial charge in [-0.2, -0.15) is 0 Å². The van der Waals surface area contributed by atoms with E-state index in [1.54, 1.807) is 12.4 Å². The van der Waals surface area contributed by atoms with E-state index in [1.165, 1.54) is 12.1 Å². The van der Waals surface area contributed by atoms with Gasteiger partial charge in [0.25, 0.3) is 0 Å². The van der Waals surface area contributed by atoms with Gasteiger partial charge in [0, 0.05) is 24.5 Å². The smallest absolute Gasteiger partial charge is 0.126 e. The number of aromatic amines is 1. The second kappa shape index (κ2) is 5.27. The SMILES string of the molecule is CC(NC(C)c1ncc[nH]1)c1cc(F)cc(F)c1. The highest BCUT2D eigenvalue weighted by molar-refractivity contribution is 5.21. The average molecular weight is 251 g/mol. The molecule has 2 atom stereocenters. The molecular weight excluding hydrogens is 236 g/mol. The molecular formula is C13H15F2N3. The van der Waals surface area contributed by atoms with Crippen LogP contribution in [-0.4, -0.2) is 9.97 Å². The zero-order valence-electron chi connectivity index (χ0n) is 10.2. The maximum absolute atomic E-state index is 13.1. The van der Waals surface area contributed by atoms with Crippen LogP contribution in [-0.2, 0) is 0 Å². The Morgan fingerprint density at radius 1 is 1.11 bits per heavy atom. The fourth-order valence-electron chi connectivity index (χ4n) is 1.89. The summed E-state index contributed by atoms with van der Waals surface area (Å²) in [5.74, 6) is -0.340. The van der Waals surface area contributed by atoms with Crippen molar-refractivity contribution in [2.24, 2.45) is 0 Å². The van der Waals surface area contributed by atoms with Gasteiger partial charge in [-0.1, -0.05) is 0 Å². The Bertz CT molecular complexity index is 491. The Kier molecular flexibility index (Phi) is 3.72. The van der Waals surface area contributed by atoms with Crippen LogP contribution in [0.15, 0.2) is 30.6 Å². The minimum Gasteiger partial charge on any atom is -0.347 e. The molecule has 0 aliphatic rings. The second-order valence-electron chi connectivity index (χ2n) is 4.29. The largest absolute Gasteiger partial charge is 0.347 e. The third-order valence-corrected chi connectivity index (χ3v) is 2.81. The zero-order chi connectivity index (χ0) is 13.1. The first kappa shape index (κ1) is 12.7. The molecule has 0 amide bonds. The molecule has 0 fully saturated rings. The van der Waals surface area contributed by atoms with E-state index in [9.17, 15) is 8.78 Å². The normalized spacial score (nSPS) is 14.4. The highest BCUT2D eigenvalue weighted by Gasteiger charge is 2.14.